The zero-order valence-corrected chi connectivity index (χ0v) is 19.9. The third-order valence-corrected chi connectivity index (χ3v) is 4.17. The molecule has 0 aromatic rings. The Morgan fingerprint density at radius 3 is 1.64 bits per heavy atom. The van der Waals surface area contributed by atoms with Gasteiger partial charge in [0.05, 0.1) is 18.8 Å². The number of hydrogen-bond donors (Lipinski definition) is 3. The first-order valence-corrected chi connectivity index (χ1v) is 10.3. The molecule has 1 unspecified atom stereocenters. The van der Waals surface area contributed by atoms with Crippen molar-refractivity contribution in [3.8, 4) is 119 Å². The molecule has 1 aliphatic rings. The largest absolute Gasteiger partial charge is 0.390 e. The first-order chi connectivity index (χ1) is 17.6. The Balaban J connectivity index is 2.42. The fraction of sp³-hybridized carbons (Fsp3) is 0.300. The van der Waals surface area contributed by atoms with E-state index in [-0.39, 0.29) is 12.0 Å². The van der Waals surface area contributed by atoms with Crippen LogP contribution in [0.5, 0.6) is 0 Å². The molecule has 1 aliphatic carbocycles. The molecular weight excluding hydrogens is 452 g/mol. The Hall–Kier alpha value is -5.25. The quantitative estimate of drug-likeness (QED) is 0.388. The van der Waals surface area contributed by atoms with E-state index in [1.54, 1.807) is 14.0 Å². The van der Waals surface area contributed by atoms with Gasteiger partial charge in [0, 0.05) is 85.4 Å². The van der Waals surface area contributed by atoms with Gasteiger partial charge in [0.2, 0.25) is 0 Å². The summed E-state index contributed by atoms with van der Waals surface area (Å²) in [5, 5.41) is 15.3. The summed E-state index contributed by atoms with van der Waals surface area (Å²) in [5.74, 6) is 47.4. The van der Waals surface area contributed by atoms with Gasteiger partial charge in [-0.3, -0.25) is 5.32 Å². The molecule has 0 heterocycles. The topological polar surface area (TPSA) is 79.8 Å². The maximum Gasteiger partial charge on any atom is 0.326 e. The van der Waals surface area contributed by atoms with Gasteiger partial charge in [-0.15, -0.1) is 0 Å². The molecule has 0 aliphatic heterocycles. The molecule has 174 valence electrons. The predicted octanol–water partition coefficient (Wildman–Crippen LogP) is -0.292. The van der Waals surface area contributed by atoms with E-state index < -0.39 is 18.2 Å². The van der Waals surface area contributed by atoms with Crippen LogP contribution in [0.25, 0.3) is 0 Å². The molecule has 4 atom stereocenters. The average molecular weight is 473 g/mol. The van der Waals surface area contributed by atoms with E-state index in [9.17, 15) is 9.90 Å². The smallest absolute Gasteiger partial charge is 0.326 e. The van der Waals surface area contributed by atoms with E-state index in [0.29, 0.717) is 13.0 Å². The standard InChI is InChI=1S/C30H20N2O4/c1-4-5-6-7-8-9-10-11-12-13-14-15-16-17-18-19-20-21-22-23-31-30(34)32-27-24-26(25-35-2)28(33)29(27)36-3/h26-29,33H,24-25H2,1-3H3,(H2,31,32,34)/t26-,27+,28?,29-/m1/s1. The normalized spacial score (nSPS) is 17.2. The van der Waals surface area contributed by atoms with E-state index in [1.807, 2.05) is 0 Å². The average Bonchev–Trinajstić information content (AvgIpc) is 3.16. The molecule has 0 radical (unpaired) electrons. The highest BCUT2D eigenvalue weighted by atomic mass is 16.5. The van der Waals surface area contributed by atoms with Gasteiger partial charge in [-0.2, -0.15) is 0 Å². The molecule has 0 spiro atoms. The van der Waals surface area contributed by atoms with Crippen LogP contribution in [0.4, 0.5) is 4.79 Å². The predicted molar refractivity (Wildman–Crippen MR) is 136 cm³/mol. The lowest BCUT2D eigenvalue weighted by Crippen LogP contribution is -2.47. The lowest BCUT2D eigenvalue weighted by molar-refractivity contribution is -0.0278. The highest BCUT2D eigenvalue weighted by molar-refractivity contribution is 5.76. The van der Waals surface area contributed by atoms with Gasteiger partial charge < -0.3 is 19.9 Å². The molecule has 6 heteroatoms. The van der Waals surface area contributed by atoms with Crippen LogP contribution in [0.2, 0.25) is 0 Å². The van der Waals surface area contributed by atoms with Crippen LogP contribution < -0.4 is 10.6 Å². The van der Waals surface area contributed by atoms with Crippen molar-refractivity contribution in [3.63, 3.8) is 0 Å². The van der Waals surface area contributed by atoms with Crippen molar-refractivity contribution in [3.05, 3.63) is 0 Å². The van der Waals surface area contributed by atoms with Crippen LogP contribution in [0.3, 0.4) is 0 Å². The molecule has 1 fully saturated rings. The Labute approximate surface area is 213 Å². The second kappa shape index (κ2) is 19.2. The minimum Gasteiger partial charge on any atom is -0.390 e. The molecule has 1 saturated carbocycles. The molecule has 6 nitrogen and oxygen atoms in total. The Bertz CT molecular complexity index is 1440. The number of carbonyl (C=O) groups is 1. The van der Waals surface area contributed by atoms with Crippen LogP contribution in [0.1, 0.15) is 13.3 Å². The molecule has 0 bridgehead atoms. The van der Waals surface area contributed by atoms with E-state index >= 15 is 0 Å². The van der Waals surface area contributed by atoms with E-state index in [1.165, 1.54) is 7.11 Å². The van der Waals surface area contributed by atoms with Crippen molar-refractivity contribution < 1.29 is 19.4 Å². The molecule has 36 heavy (non-hydrogen) atoms. The number of aliphatic hydroxyl groups is 1. The second-order valence-electron chi connectivity index (χ2n) is 6.47. The summed E-state index contributed by atoms with van der Waals surface area (Å²) in [7, 11) is 3.04. The second-order valence-corrected chi connectivity index (χ2v) is 6.47. The number of hydrogen-bond acceptors (Lipinski definition) is 4. The zero-order chi connectivity index (χ0) is 26.3. The number of methoxy groups -OCH3 is 2. The van der Waals surface area contributed by atoms with E-state index in [2.05, 4.69) is 129 Å². The monoisotopic (exact) mass is 472 g/mol. The summed E-state index contributed by atoms with van der Waals surface area (Å²) in [6, 6.07) is 1.52. The molecule has 0 saturated heterocycles. The van der Waals surface area contributed by atoms with Gasteiger partial charge in [-0.05, 0) is 60.7 Å². The van der Waals surface area contributed by atoms with E-state index in [4.69, 9.17) is 9.47 Å². The Kier molecular flexibility index (Phi) is 15.4. The zero-order valence-electron chi connectivity index (χ0n) is 19.9. The van der Waals surface area contributed by atoms with Crippen molar-refractivity contribution in [2.24, 2.45) is 5.92 Å². The lowest BCUT2D eigenvalue weighted by Gasteiger charge is -2.21. The fourth-order valence-electron chi connectivity index (χ4n) is 2.82. The number of aliphatic hydroxyl groups excluding tert-OH is 1. The van der Waals surface area contributed by atoms with Crippen molar-refractivity contribution in [1.82, 2.24) is 10.6 Å². The number of ether oxygens (including phenoxy) is 2. The third-order valence-electron chi connectivity index (χ3n) is 4.17. The van der Waals surface area contributed by atoms with Crippen LogP contribution >= 0.6 is 0 Å². The first kappa shape index (κ1) is 28.8. The van der Waals surface area contributed by atoms with Gasteiger partial charge in [0.1, 0.15) is 6.10 Å². The number of amides is 2. The molecular formula is C30H20N2O4. The first-order valence-electron chi connectivity index (χ1n) is 10.3. The molecule has 0 aromatic heterocycles. The number of carbonyl (C=O) groups excluding carboxylic acids is 1. The summed E-state index contributed by atoms with van der Waals surface area (Å²) >= 11 is 0. The number of urea groups is 1. The molecule has 0 aromatic carbocycles. The van der Waals surface area contributed by atoms with Crippen LogP contribution in [-0.2, 0) is 9.47 Å². The van der Waals surface area contributed by atoms with Gasteiger partial charge in [0.15, 0.2) is 0 Å². The fourth-order valence-corrected chi connectivity index (χ4v) is 2.82. The van der Waals surface area contributed by atoms with Gasteiger partial charge >= 0.3 is 6.03 Å². The Morgan fingerprint density at radius 2 is 1.22 bits per heavy atom. The SMILES string of the molecule is CC#CC#CC#CC#CC#CC#CC#CC#CC#CC#CNC(=O)N[C@H]1C[C@H](COC)C(O)[C@@H]1OC. The third kappa shape index (κ3) is 12.7. The van der Waals surface area contributed by atoms with Crippen molar-refractivity contribution >= 4 is 6.03 Å². The van der Waals surface area contributed by atoms with Gasteiger partial charge in [0.25, 0.3) is 0 Å². The highest BCUT2D eigenvalue weighted by Gasteiger charge is 2.43. The van der Waals surface area contributed by atoms with Crippen molar-refractivity contribution in [1.29, 1.82) is 0 Å². The van der Waals surface area contributed by atoms with Gasteiger partial charge in [-0.1, -0.05) is 5.92 Å². The maximum absolute atomic E-state index is 12.0. The van der Waals surface area contributed by atoms with Crippen molar-refractivity contribution in [2.75, 3.05) is 20.8 Å². The van der Waals surface area contributed by atoms with Crippen LogP contribution in [0.15, 0.2) is 0 Å². The summed E-state index contributed by atoms with van der Waals surface area (Å²) in [4.78, 5) is 12.0. The summed E-state index contributed by atoms with van der Waals surface area (Å²) in [6.07, 6.45) is -0.728. The summed E-state index contributed by atoms with van der Waals surface area (Å²) in [6.45, 7) is 2.06. The number of nitrogens with one attached hydrogen (secondary N) is 2. The summed E-state index contributed by atoms with van der Waals surface area (Å²) in [5.41, 5.74) is 0. The minimum atomic E-state index is -0.727. The molecule has 3 N–H and O–H groups in total. The van der Waals surface area contributed by atoms with Crippen LogP contribution in [-0.4, -0.2) is 50.2 Å². The lowest BCUT2D eigenvalue weighted by atomic mass is 10.1. The highest BCUT2D eigenvalue weighted by Crippen LogP contribution is 2.28. The summed E-state index contributed by atoms with van der Waals surface area (Å²) < 4.78 is 10.4. The minimum absolute atomic E-state index is 0.125. The van der Waals surface area contributed by atoms with Gasteiger partial charge in [-0.25, -0.2) is 4.79 Å². The molecule has 2 amide bonds. The van der Waals surface area contributed by atoms with E-state index in [0.717, 1.165) is 0 Å². The van der Waals surface area contributed by atoms with Crippen molar-refractivity contribution in [2.45, 2.75) is 31.6 Å². The molecule has 1 rings (SSSR count). The van der Waals surface area contributed by atoms with Crippen LogP contribution in [0, 0.1) is 124 Å². The Morgan fingerprint density at radius 1 is 0.778 bits per heavy atom. The number of rotatable bonds is 4. The maximum atomic E-state index is 12.0.